The highest BCUT2D eigenvalue weighted by Gasteiger charge is 2.09. The fourth-order valence-corrected chi connectivity index (χ4v) is 2.59. The van der Waals surface area contributed by atoms with Gasteiger partial charge in [0.05, 0.1) is 25.1 Å². The van der Waals surface area contributed by atoms with Crippen molar-refractivity contribution in [3.63, 3.8) is 0 Å². The maximum absolute atomic E-state index is 6.03. The molecule has 154 valence electrons. The molecule has 0 saturated carbocycles. The molecule has 0 unspecified atom stereocenters. The monoisotopic (exact) mass is 508 g/mol. The van der Waals surface area contributed by atoms with Crippen molar-refractivity contribution in [2.75, 3.05) is 18.5 Å². The number of benzene rings is 2. The van der Waals surface area contributed by atoms with Crippen LogP contribution in [0.4, 0.5) is 5.69 Å². The smallest absolute Gasteiger partial charge is 0.216 e. The number of rotatable bonds is 8. The maximum atomic E-state index is 6.03. The van der Waals surface area contributed by atoms with Gasteiger partial charge in [0, 0.05) is 11.6 Å². The fraction of sp³-hybridized carbons (Fsp3) is 0.238. The normalized spacial score (nSPS) is 10.9. The van der Waals surface area contributed by atoms with Crippen LogP contribution in [0.5, 0.6) is 11.5 Å². The second-order valence-electron chi connectivity index (χ2n) is 5.83. The summed E-state index contributed by atoms with van der Waals surface area (Å²) in [5.41, 5.74) is 7.68. The van der Waals surface area contributed by atoms with Crippen molar-refractivity contribution in [1.82, 2.24) is 4.98 Å². The van der Waals surface area contributed by atoms with Crippen molar-refractivity contribution < 1.29 is 13.9 Å². The molecule has 2 aromatic carbocycles. The minimum atomic E-state index is 0. The summed E-state index contributed by atoms with van der Waals surface area (Å²) in [7, 11) is 0. The van der Waals surface area contributed by atoms with Crippen LogP contribution in [0.2, 0.25) is 0 Å². The molecular formula is C21H25IN4O3. The van der Waals surface area contributed by atoms with Crippen molar-refractivity contribution >= 4 is 35.6 Å². The van der Waals surface area contributed by atoms with Crippen LogP contribution in [-0.2, 0) is 6.54 Å². The Hall–Kier alpha value is -2.75. The zero-order chi connectivity index (χ0) is 19.8. The Kier molecular flexibility index (Phi) is 8.78. The van der Waals surface area contributed by atoms with E-state index in [1.807, 2.05) is 62.4 Å². The molecular weight excluding hydrogens is 483 g/mol. The number of nitrogens with two attached hydrogens (primary N) is 1. The molecule has 7 nitrogen and oxygen atoms in total. The number of aromatic nitrogens is 1. The lowest BCUT2D eigenvalue weighted by molar-refractivity contribution is 0.332. The Balaban J connectivity index is 0.00000300. The lowest BCUT2D eigenvalue weighted by Gasteiger charge is -2.13. The summed E-state index contributed by atoms with van der Waals surface area (Å²) in [4.78, 5) is 8.56. The molecule has 1 heterocycles. The molecule has 0 amide bonds. The average Bonchev–Trinajstić information content (AvgIpc) is 3.19. The van der Waals surface area contributed by atoms with Crippen LogP contribution in [0.3, 0.4) is 0 Å². The molecule has 3 N–H and O–H groups in total. The zero-order valence-electron chi connectivity index (χ0n) is 16.4. The highest BCUT2D eigenvalue weighted by Crippen LogP contribution is 2.29. The highest BCUT2D eigenvalue weighted by molar-refractivity contribution is 14.0. The molecule has 3 aromatic rings. The van der Waals surface area contributed by atoms with E-state index in [0.717, 1.165) is 11.3 Å². The van der Waals surface area contributed by atoms with Crippen LogP contribution >= 0.6 is 24.0 Å². The van der Waals surface area contributed by atoms with E-state index in [2.05, 4.69) is 15.3 Å². The van der Waals surface area contributed by atoms with Gasteiger partial charge in [-0.2, -0.15) is 0 Å². The summed E-state index contributed by atoms with van der Waals surface area (Å²) < 4.78 is 16.9. The third kappa shape index (κ3) is 6.38. The number of hydrogen-bond donors (Lipinski definition) is 2. The first-order valence-electron chi connectivity index (χ1n) is 9.16. The first-order valence-corrected chi connectivity index (χ1v) is 9.16. The van der Waals surface area contributed by atoms with Gasteiger partial charge < -0.3 is 24.9 Å². The number of halogens is 1. The Bertz CT molecular complexity index is 929. The highest BCUT2D eigenvalue weighted by atomic mass is 127. The third-order valence-electron chi connectivity index (χ3n) is 3.82. The van der Waals surface area contributed by atoms with Gasteiger partial charge in [0.25, 0.3) is 0 Å². The molecule has 29 heavy (non-hydrogen) atoms. The van der Waals surface area contributed by atoms with Gasteiger partial charge in [-0.05, 0) is 26.0 Å². The Labute approximate surface area is 187 Å². The second-order valence-corrected chi connectivity index (χ2v) is 5.83. The summed E-state index contributed by atoms with van der Waals surface area (Å²) in [6, 6.07) is 15.3. The van der Waals surface area contributed by atoms with Crippen LogP contribution in [0.15, 0.2) is 64.1 Å². The van der Waals surface area contributed by atoms with Crippen LogP contribution in [0.25, 0.3) is 11.3 Å². The van der Waals surface area contributed by atoms with E-state index < -0.39 is 0 Å². The number of hydrogen-bond acceptors (Lipinski definition) is 5. The van der Waals surface area contributed by atoms with E-state index in [1.54, 1.807) is 6.20 Å². The predicted molar refractivity (Wildman–Crippen MR) is 125 cm³/mol. The number of aliphatic imine (C=N–C) groups is 1. The molecule has 0 saturated heterocycles. The van der Waals surface area contributed by atoms with Crippen molar-refractivity contribution in [2.45, 2.75) is 20.4 Å². The number of guanidine groups is 1. The Morgan fingerprint density at radius 3 is 2.59 bits per heavy atom. The summed E-state index contributed by atoms with van der Waals surface area (Å²) >= 11 is 0. The SMILES string of the molecule is CCOc1ccc(OCC)c(NC(N)=NCc2ncc(-c3ccccc3)o2)c1.I. The van der Waals surface area contributed by atoms with Crippen molar-refractivity contribution in [2.24, 2.45) is 10.7 Å². The van der Waals surface area contributed by atoms with E-state index >= 15 is 0 Å². The molecule has 3 rings (SSSR count). The van der Waals surface area contributed by atoms with E-state index in [0.29, 0.717) is 36.3 Å². The van der Waals surface area contributed by atoms with Crippen molar-refractivity contribution in [3.05, 3.63) is 60.6 Å². The number of nitrogens with one attached hydrogen (secondary N) is 1. The average molecular weight is 508 g/mol. The van der Waals surface area contributed by atoms with E-state index in [9.17, 15) is 0 Å². The van der Waals surface area contributed by atoms with Gasteiger partial charge in [-0.25, -0.2) is 9.98 Å². The molecule has 1 aromatic heterocycles. The number of ether oxygens (including phenoxy) is 2. The molecule has 0 fully saturated rings. The number of nitrogens with zero attached hydrogens (tertiary/aromatic N) is 2. The maximum Gasteiger partial charge on any atom is 0.216 e. The van der Waals surface area contributed by atoms with E-state index in [-0.39, 0.29) is 36.5 Å². The summed E-state index contributed by atoms with van der Waals surface area (Å²) in [5, 5.41) is 3.06. The molecule has 0 atom stereocenters. The Morgan fingerprint density at radius 2 is 1.86 bits per heavy atom. The molecule has 0 aliphatic rings. The van der Waals surface area contributed by atoms with Crippen molar-refractivity contribution in [3.8, 4) is 22.8 Å². The number of anilines is 1. The summed E-state index contributed by atoms with van der Waals surface area (Å²) in [6.07, 6.45) is 1.68. The van der Waals surface area contributed by atoms with Crippen molar-refractivity contribution in [1.29, 1.82) is 0 Å². The Morgan fingerprint density at radius 1 is 1.10 bits per heavy atom. The van der Waals surface area contributed by atoms with Gasteiger partial charge in [-0.1, -0.05) is 30.3 Å². The van der Waals surface area contributed by atoms with Crippen LogP contribution < -0.4 is 20.5 Å². The second kappa shape index (κ2) is 11.3. The standard InChI is InChI=1S/C21H24N4O3.HI/c1-3-26-16-10-11-18(27-4-2)17(12-16)25-21(22)24-14-20-23-13-19(28-20)15-8-6-5-7-9-15;/h5-13H,3-4,14H2,1-2H3,(H3,22,24,25);1H. The van der Waals surface area contributed by atoms with Gasteiger partial charge in [-0.15, -0.1) is 24.0 Å². The molecule has 8 heteroatoms. The lowest BCUT2D eigenvalue weighted by Crippen LogP contribution is -2.23. The zero-order valence-corrected chi connectivity index (χ0v) is 18.8. The lowest BCUT2D eigenvalue weighted by atomic mass is 10.2. The third-order valence-corrected chi connectivity index (χ3v) is 3.82. The minimum absolute atomic E-state index is 0. The topological polar surface area (TPSA) is 94.9 Å². The summed E-state index contributed by atoms with van der Waals surface area (Å²) in [6.45, 7) is 5.19. The molecule has 0 spiro atoms. The minimum Gasteiger partial charge on any atom is -0.494 e. The molecule has 0 radical (unpaired) electrons. The first-order chi connectivity index (χ1) is 13.7. The number of oxazole rings is 1. The van der Waals surface area contributed by atoms with Gasteiger partial charge in [-0.3, -0.25) is 0 Å². The van der Waals surface area contributed by atoms with Gasteiger partial charge in [0.15, 0.2) is 11.7 Å². The fourth-order valence-electron chi connectivity index (χ4n) is 2.59. The quantitative estimate of drug-likeness (QED) is 0.261. The first kappa shape index (κ1) is 22.5. The van der Waals surface area contributed by atoms with Gasteiger partial charge in [0.1, 0.15) is 18.0 Å². The van der Waals surface area contributed by atoms with Gasteiger partial charge >= 0.3 is 0 Å². The summed E-state index contributed by atoms with van der Waals surface area (Å²) in [5.74, 6) is 2.80. The predicted octanol–water partition coefficient (Wildman–Crippen LogP) is 4.68. The molecule has 0 aliphatic heterocycles. The van der Waals surface area contributed by atoms with Crippen LogP contribution in [0.1, 0.15) is 19.7 Å². The largest absolute Gasteiger partial charge is 0.494 e. The van der Waals surface area contributed by atoms with Crippen LogP contribution in [0, 0.1) is 0 Å². The van der Waals surface area contributed by atoms with E-state index in [4.69, 9.17) is 19.6 Å². The van der Waals surface area contributed by atoms with Gasteiger partial charge in [0.2, 0.25) is 5.89 Å². The van der Waals surface area contributed by atoms with E-state index in [1.165, 1.54) is 0 Å². The molecule has 0 bridgehead atoms. The molecule has 0 aliphatic carbocycles. The van der Waals surface area contributed by atoms with Crippen LogP contribution in [-0.4, -0.2) is 24.2 Å².